The number of H-pyrrole nitrogens is 1. The van der Waals surface area contributed by atoms with Crippen LogP contribution in [0.2, 0.25) is 5.02 Å². The molecular formula is C17H15ClN4O2S. The molecule has 128 valence electrons. The van der Waals surface area contributed by atoms with Crippen molar-refractivity contribution in [2.24, 2.45) is 0 Å². The van der Waals surface area contributed by atoms with Crippen molar-refractivity contribution in [3.8, 4) is 11.1 Å². The van der Waals surface area contributed by atoms with E-state index in [2.05, 4.69) is 15.3 Å². The molecular weight excluding hydrogens is 360 g/mol. The molecule has 1 fully saturated rings. The lowest BCUT2D eigenvalue weighted by Crippen LogP contribution is -2.47. The second kappa shape index (κ2) is 6.59. The highest BCUT2D eigenvalue weighted by atomic mass is 35.5. The molecule has 4 rings (SSSR count). The third-order valence-electron chi connectivity index (χ3n) is 4.15. The first-order chi connectivity index (χ1) is 12.1. The maximum atomic E-state index is 12.6. The predicted octanol–water partition coefficient (Wildman–Crippen LogP) is 2.24. The molecule has 0 spiro atoms. The Morgan fingerprint density at radius 2 is 2.08 bits per heavy atom. The summed E-state index contributed by atoms with van der Waals surface area (Å²) in [5, 5.41) is 5.85. The van der Waals surface area contributed by atoms with E-state index in [0.29, 0.717) is 40.7 Å². The molecule has 0 aliphatic carbocycles. The van der Waals surface area contributed by atoms with E-state index >= 15 is 0 Å². The summed E-state index contributed by atoms with van der Waals surface area (Å²) in [6.07, 6.45) is 0. The van der Waals surface area contributed by atoms with Gasteiger partial charge in [0.2, 0.25) is 5.91 Å². The number of nitrogens with one attached hydrogen (secondary N) is 2. The normalized spacial score (nSPS) is 15.5. The van der Waals surface area contributed by atoms with Crippen molar-refractivity contribution < 1.29 is 4.79 Å². The molecule has 1 amide bonds. The van der Waals surface area contributed by atoms with Gasteiger partial charge in [0.1, 0.15) is 10.7 Å². The van der Waals surface area contributed by atoms with Gasteiger partial charge in [0.15, 0.2) is 0 Å². The molecule has 2 N–H and O–H groups in total. The molecule has 0 radical (unpaired) electrons. The van der Waals surface area contributed by atoms with Crippen LogP contribution in [0.5, 0.6) is 0 Å². The number of aromatic amines is 1. The summed E-state index contributed by atoms with van der Waals surface area (Å²) in [7, 11) is 0. The van der Waals surface area contributed by atoms with Crippen LogP contribution in [-0.4, -0.2) is 40.4 Å². The first-order valence-electron chi connectivity index (χ1n) is 7.86. The van der Waals surface area contributed by atoms with Crippen LogP contribution in [0.15, 0.2) is 34.4 Å². The Bertz CT molecular complexity index is 1010. The SMILES string of the molecule is O=C1CN(Cc2nc3scc(-c4ccccc4Cl)c3c(=O)[nH]2)CCN1. The Balaban J connectivity index is 1.71. The lowest BCUT2D eigenvalue weighted by molar-refractivity contribution is -0.124. The molecule has 6 nitrogen and oxygen atoms in total. The van der Waals surface area contributed by atoms with Gasteiger partial charge < -0.3 is 10.3 Å². The molecule has 1 saturated heterocycles. The quantitative estimate of drug-likeness (QED) is 0.737. The molecule has 1 aliphatic rings. The standard InChI is InChI=1S/C17H15ClN4O2S/c18-12-4-2-1-3-10(12)11-9-25-17-15(11)16(24)20-13(21-17)7-22-6-5-19-14(23)8-22/h1-4,9H,5-8H2,(H,19,23)(H,20,21,24). The minimum Gasteiger partial charge on any atom is -0.354 e. The van der Waals surface area contributed by atoms with Crippen LogP contribution in [0.3, 0.4) is 0 Å². The largest absolute Gasteiger partial charge is 0.354 e. The first-order valence-corrected chi connectivity index (χ1v) is 9.12. The molecule has 25 heavy (non-hydrogen) atoms. The fraction of sp³-hybridized carbons (Fsp3) is 0.235. The van der Waals surface area contributed by atoms with Gasteiger partial charge in [-0.05, 0) is 6.07 Å². The summed E-state index contributed by atoms with van der Waals surface area (Å²) in [6, 6.07) is 7.44. The Labute approximate surface area is 152 Å². The lowest BCUT2D eigenvalue weighted by atomic mass is 10.1. The number of hydrogen-bond donors (Lipinski definition) is 2. The van der Waals surface area contributed by atoms with Crippen molar-refractivity contribution in [3.63, 3.8) is 0 Å². The fourth-order valence-electron chi connectivity index (χ4n) is 2.98. The highest BCUT2D eigenvalue weighted by Gasteiger charge is 2.19. The van der Waals surface area contributed by atoms with Crippen molar-refractivity contribution >= 4 is 39.1 Å². The van der Waals surface area contributed by atoms with Crippen LogP contribution in [0.25, 0.3) is 21.3 Å². The van der Waals surface area contributed by atoms with E-state index in [-0.39, 0.29) is 11.5 Å². The highest BCUT2D eigenvalue weighted by Crippen LogP contribution is 2.34. The summed E-state index contributed by atoms with van der Waals surface area (Å²) in [5.41, 5.74) is 1.43. The maximum absolute atomic E-state index is 12.6. The van der Waals surface area contributed by atoms with Gasteiger partial charge in [-0.2, -0.15) is 0 Å². The molecule has 0 atom stereocenters. The molecule has 3 aromatic rings. The zero-order valence-corrected chi connectivity index (χ0v) is 14.8. The van der Waals surface area contributed by atoms with Crippen LogP contribution in [0.4, 0.5) is 0 Å². The Morgan fingerprint density at radius 3 is 2.88 bits per heavy atom. The van der Waals surface area contributed by atoms with E-state index in [9.17, 15) is 9.59 Å². The number of aromatic nitrogens is 2. The van der Waals surface area contributed by atoms with Crippen LogP contribution >= 0.6 is 22.9 Å². The zero-order chi connectivity index (χ0) is 17.4. The Hall–Kier alpha value is -2.22. The first kappa shape index (κ1) is 16.3. The second-order valence-electron chi connectivity index (χ2n) is 5.88. The topological polar surface area (TPSA) is 78.1 Å². The molecule has 3 heterocycles. The summed E-state index contributed by atoms with van der Waals surface area (Å²) in [6.45, 7) is 2.11. The summed E-state index contributed by atoms with van der Waals surface area (Å²) in [5.74, 6) is 0.562. The van der Waals surface area contributed by atoms with Crippen LogP contribution in [0.1, 0.15) is 5.82 Å². The number of rotatable bonds is 3. The minimum atomic E-state index is -0.183. The number of halogens is 1. The van der Waals surface area contributed by atoms with E-state index in [4.69, 9.17) is 11.6 Å². The third-order valence-corrected chi connectivity index (χ3v) is 5.35. The molecule has 1 aromatic carbocycles. The smallest absolute Gasteiger partial charge is 0.260 e. The predicted molar refractivity (Wildman–Crippen MR) is 99.0 cm³/mol. The maximum Gasteiger partial charge on any atom is 0.260 e. The molecule has 0 saturated carbocycles. The fourth-order valence-corrected chi connectivity index (χ4v) is 4.18. The number of nitrogens with zero attached hydrogens (tertiary/aromatic N) is 2. The monoisotopic (exact) mass is 374 g/mol. The number of hydrogen-bond acceptors (Lipinski definition) is 5. The molecule has 0 bridgehead atoms. The molecule has 0 unspecified atom stereocenters. The highest BCUT2D eigenvalue weighted by molar-refractivity contribution is 7.17. The van der Waals surface area contributed by atoms with E-state index in [0.717, 1.165) is 17.7 Å². The summed E-state index contributed by atoms with van der Waals surface area (Å²) < 4.78 is 0. The van der Waals surface area contributed by atoms with Gasteiger partial charge in [-0.15, -0.1) is 11.3 Å². The number of thiophene rings is 1. The van der Waals surface area contributed by atoms with Crippen molar-refractivity contribution in [2.75, 3.05) is 19.6 Å². The van der Waals surface area contributed by atoms with E-state index in [1.165, 1.54) is 11.3 Å². The summed E-state index contributed by atoms with van der Waals surface area (Å²) in [4.78, 5) is 34.2. The number of amides is 1. The van der Waals surface area contributed by atoms with Crippen molar-refractivity contribution in [3.05, 3.63) is 50.8 Å². The van der Waals surface area contributed by atoms with Gasteiger partial charge in [0.25, 0.3) is 5.56 Å². The van der Waals surface area contributed by atoms with Gasteiger partial charge >= 0.3 is 0 Å². The van der Waals surface area contributed by atoms with Gasteiger partial charge in [-0.3, -0.25) is 14.5 Å². The Morgan fingerprint density at radius 1 is 1.24 bits per heavy atom. The minimum absolute atomic E-state index is 0.00759. The lowest BCUT2D eigenvalue weighted by Gasteiger charge is -2.25. The van der Waals surface area contributed by atoms with E-state index in [1.54, 1.807) is 6.07 Å². The number of benzene rings is 1. The van der Waals surface area contributed by atoms with Crippen LogP contribution in [-0.2, 0) is 11.3 Å². The second-order valence-corrected chi connectivity index (χ2v) is 7.15. The van der Waals surface area contributed by atoms with Gasteiger partial charge in [0, 0.05) is 34.6 Å². The van der Waals surface area contributed by atoms with Crippen molar-refractivity contribution in [2.45, 2.75) is 6.54 Å². The van der Waals surface area contributed by atoms with Crippen molar-refractivity contribution in [1.82, 2.24) is 20.2 Å². The van der Waals surface area contributed by atoms with Crippen LogP contribution < -0.4 is 10.9 Å². The average Bonchev–Trinajstić information content (AvgIpc) is 2.99. The van der Waals surface area contributed by atoms with Gasteiger partial charge in [-0.1, -0.05) is 29.8 Å². The van der Waals surface area contributed by atoms with Gasteiger partial charge in [0.05, 0.1) is 18.5 Å². The summed E-state index contributed by atoms with van der Waals surface area (Å²) >= 11 is 7.69. The molecule has 1 aliphatic heterocycles. The number of carbonyl (C=O) groups excluding carboxylic acids is 1. The third kappa shape index (κ3) is 3.18. The van der Waals surface area contributed by atoms with E-state index in [1.807, 2.05) is 28.5 Å². The van der Waals surface area contributed by atoms with Gasteiger partial charge in [-0.25, -0.2) is 4.98 Å². The zero-order valence-electron chi connectivity index (χ0n) is 13.2. The molecule has 8 heteroatoms. The average molecular weight is 375 g/mol. The number of carbonyl (C=O) groups is 1. The van der Waals surface area contributed by atoms with Crippen molar-refractivity contribution in [1.29, 1.82) is 0 Å². The number of fused-ring (bicyclic) bond motifs is 1. The number of piperazine rings is 1. The molecule has 2 aromatic heterocycles. The Kier molecular flexibility index (Phi) is 4.29. The van der Waals surface area contributed by atoms with Crippen LogP contribution in [0, 0.1) is 0 Å². The van der Waals surface area contributed by atoms with E-state index < -0.39 is 0 Å².